The number of aliphatic imine (C=N–C) groups is 1. The molecule has 0 rings (SSSR count). The van der Waals surface area contributed by atoms with E-state index in [1.165, 1.54) is 5.57 Å². The van der Waals surface area contributed by atoms with Crippen LogP contribution in [0.5, 0.6) is 0 Å². The third-order valence-corrected chi connectivity index (χ3v) is 1.85. The van der Waals surface area contributed by atoms with Crippen molar-refractivity contribution in [3.05, 3.63) is 23.9 Å². The van der Waals surface area contributed by atoms with Gasteiger partial charge in [-0.25, -0.2) is 0 Å². The van der Waals surface area contributed by atoms with Crippen LogP contribution in [0.2, 0.25) is 0 Å². The van der Waals surface area contributed by atoms with E-state index in [4.69, 9.17) is 0 Å². The standard InChI is InChI=1S/C11H19N/c1-7-10(8(2)3)11(12-6)9(4)5/h7-9H,1,6H2,2-5H3/b11-10+. The summed E-state index contributed by atoms with van der Waals surface area (Å²) in [4.78, 5) is 4.04. The molecule has 0 amide bonds. The van der Waals surface area contributed by atoms with Gasteiger partial charge < -0.3 is 0 Å². The zero-order valence-corrected chi connectivity index (χ0v) is 8.59. The van der Waals surface area contributed by atoms with E-state index in [1.807, 2.05) is 6.08 Å². The summed E-state index contributed by atoms with van der Waals surface area (Å²) in [5.74, 6) is 0.906. The van der Waals surface area contributed by atoms with Gasteiger partial charge in [0.05, 0.1) is 0 Å². The van der Waals surface area contributed by atoms with Crippen molar-refractivity contribution in [2.45, 2.75) is 27.7 Å². The van der Waals surface area contributed by atoms with E-state index in [2.05, 4.69) is 46.0 Å². The van der Waals surface area contributed by atoms with Gasteiger partial charge in [-0.05, 0) is 24.1 Å². The molecule has 0 fully saturated rings. The number of allylic oxidation sites excluding steroid dienone is 3. The summed E-state index contributed by atoms with van der Waals surface area (Å²) in [5.41, 5.74) is 2.28. The Morgan fingerprint density at radius 3 is 1.75 bits per heavy atom. The summed E-state index contributed by atoms with van der Waals surface area (Å²) in [6.45, 7) is 15.9. The Hall–Kier alpha value is -0.850. The van der Waals surface area contributed by atoms with Crippen molar-refractivity contribution in [3.63, 3.8) is 0 Å². The Bertz CT molecular complexity index is 175. The normalized spacial score (nSPS) is 13.2. The molecule has 0 heterocycles. The van der Waals surface area contributed by atoms with Gasteiger partial charge >= 0.3 is 0 Å². The van der Waals surface area contributed by atoms with E-state index in [1.54, 1.807) is 0 Å². The first-order chi connectivity index (χ1) is 5.54. The van der Waals surface area contributed by atoms with Gasteiger partial charge in [0.25, 0.3) is 0 Å². The molecule has 1 nitrogen and oxygen atoms in total. The highest BCUT2D eigenvalue weighted by Crippen LogP contribution is 2.22. The molecule has 0 N–H and O–H groups in total. The highest BCUT2D eigenvalue weighted by atomic mass is 14.7. The van der Waals surface area contributed by atoms with Crippen LogP contribution in [0.25, 0.3) is 0 Å². The van der Waals surface area contributed by atoms with Gasteiger partial charge in [-0.2, -0.15) is 0 Å². The Labute approximate surface area is 75.9 Å². The van der Waals surface area contributed by atoms with E-state index in [0.717, 1.165) is 5.70 Å². The van der Waals surface area contributed by atoms with E-state index < -0.39 is 0 Å². The summed E-state index contributed by atoms with van der Waals surface area (Å²) in [6.07, 6.45) is 1.88. The van der Waals surface area contributed by atoms with Crippen molar-refractivity contribution in [1.29, 1.82) is 0 Å². The van der Waals surface area contributed by atoms with E-state index in [0.29, 0.717) is 11.8 Å². The van der Waals surface area contributed by atoms with Crippen LogP contribution in [0, 0.1) is 11.8 Å². The minimum absolute atomic E-state index is 0.429. The van der Waals surface area contributed by atoms with E-state index in [9.17, 15) is 0 Å². The lowest BCUT2D eigenvalue weighted by Crippen LogP contribution is -2.00. The maximum absolute atomic E-state index is 4.04. The number of rotatable bonds is 4. The van der Waals surface area contributed by atoms with E-state index in [-0.39, 0.29) is 0 Å². The maximum Gasteiger partial charge on any atom is 0.0456 e. The molecule has 12 heavy (non-hydrogen) atoms. The summed E-state index contributed by atoms with van der Waals surface area (Å²) in [5, 5.41) is 0. The molecule has 68 valence electrons. The van der Waals surface area contributed by atoms with Crippen LogP contribution in [-0.2, 0) is 0 Å². The molecule has 1 heteroatoms. The summed E-state index contributed by atoms with van der Waals surface area (Å²) in [6, 6.07) is 0. The molecular formula is C11H19N. The lowest BCUT2D eigenvalue weighted by atomic mass is 9.96. The van der Waals surface area contributed by atoms with Crippen LogP contribution in [0.15, 0.2) is 28.9 Å². The average molecular weight is 165 g/mol. The van der Waals surface area contributed by atoms with Gasteiger partial charge in [-0.1, -0.05) is 40.3 Å². The molecule has 0 spiro atoms. The molecular weight excluding hydrogens is 146 g/mol. The van der Waals surface area contributed by atoms with E-state index >= 15 is 0 Å². The molecule has 0 aromatic carbocycles. The van der Waals surface area contributed by atoms with Crippen LogP contribution in [0.3, 0.4) is 0 Å². The Balaban J connectivity index is 5.00. The van der Waals surface area contributed by atoms with Crippen LogP contribution < -0.4 is 0 Å². The van der Waals surface area contributed by atoms with Gasteiger partial charge in [0, 0.05) is 5.70 Å². The van der Waals surface area contributed by atoms with Crippen molar-refractivity contribution < 1.29 is 0 Å². The minimum Gasteiger partial charge on any atom is -0.269 e. The van der Waals surface area contributed by atoms with Crippen molar-refractivity contribution in [3.8, 4) is 0 Å². The van der Waals surface area contributed by atoms with Crippen LogP contribution in [0.1, 0.15) is 27.7 Å². The van der Waals surface area contributed by atoms with Gasteiger partial charge in [0.1, 0.15) is 0 Å². The number of nitrogens with zero attached hydrogens (tertiary/aromatic N) is 1. The van der Waals surface area contributed by atoms with Gasteiger partial charge in [0.15, 0.2) is 0 Å². The predicted octanol–water partition coefficient (Wildman–Crippen LogP) is 3.44. The molecule has 0 unspecified atom stereocenters. The highest BCUT2D eigenvalue weighted by molar-refractivity contribution is 5.35. The molecule has 0 saturated carbocycles. The quantitative estimate of drug-likeness (QED) is 0.447. The SMILES string of the molecule is C=C/C(=C(\N=C)C(C)C)C(C)C. The van der Waals surface area contributed by atoms with Gasteiger partial charge in [0.2, 0.25) is 0 Å². The smallest absolute Gasteiger partial charge is 0.0456 e. The van der Waals surface area contributed by atoms with Gasteiger partial charge in [-0.3, -0.25) is 4.99 Å². The first-order valence-corrected chi connectivity index (χ1v) is 4.37. The Kier molecular flexibility index (Phi) is 4.57. The third kappa shape index (κ3) is 2.65. The topological polar surface area (TPSA) is 12.4 Å². The van der Waals surface area contributed by atoms with Crippen molar-refractivity contribution in [1.82, 2.24) is 0 Å². The Morgan fingerprint density at radius 1 is 1.17 bits per heavy atom. The molecule has 0 aliphatic rings. The predicted molar refractivity (Wildman–Crippen MR) is 56.4 cm³/mol. The van der Waals surface area contributed by atoms with Crippen molar-refractivity contribution >= 4 is 6.72 Å². The second-order valence-electron chi connectivity index (χ2n) is 3.51. The zero-order valence-electron chi connectivity index (χ0n) is 8.59. The average Bonchev–Trinajstić information content (AvgIpc) is 1.98. The van der Waals surface area contributed by atoms with Crippen molar-refractivity contribution in [2.24, 2.45) is 16.8 Å². The monoisotopic (exact) mass is 165 g/mol. The second-order valence-corrected chi connectivity index (χ2v) is 3.51. The number of hydrogen-bond donors (Lipinski definition) is 0. The molecule has 0 aromatic rings. The Morgan fingerprint density at radius 2 is 1.67 bits per heavy atom. The minimum atomic E-state index is 0.429. The highest BCUT2D eigenvalue weighted by Gasteiger charge is 2.09. The molecule has 0 radical (unpaired) electrons. The van der Waals surface area contributed by atoms with Crippen molar-refractivity contribution in [2.75, 3.05) is 0 Å². The summed E-state index contributed by atoms with van der Waals surface area (Å²) < 4.78 is 0. The largest absolute Gasteiger partial charge is 0.269 e. The fourth-order valence-corrected chi connectivity index (χ4v) is 1.24. The molecule has 0 bridgehead atoms. The fraction of sp³-hybridized carbons (Fsp3) is 0.545. The van der Waals surface area contributed by atoms with Crippen LogP contribution in [-0.4, -0.2) is 6.72 Å². The second kappa shape index (κ2) is 4.91. The first kappa shape index (κ1) is 11.2. The van der Waals surface area contributed by atoms with Gasteiger partial charge in [-0.15, -0.1) is 0 Å². The lowest BCUT2D eigenvalue weighted by molar-refractivity contribution is 0.700. The van der Waals surface area contributed by atoms with Crippen LogP contribution >= 0.6 is 0 Å². The molecule has 0 aliphatic carbocycles. The number of hydrogen-bond acceptors (Lipinski definition) is 1. The lowest BCUT2D eigenvalue weighted by Gasteiger charge is -2.14. The third-order valence-electron chi connectivity index (χ3n) is 1.85. The maximum atomic E-state index is 4.04. The summed E-state index contributed by atoms with van der Waals surface area (Å²) >= 11 is 0. The molecule has 0 atom stereocenters. The summed E-state index contributed by atoms with van der Waals surface area (Å²) in [7, 11) is 0. The molecule has 0 aliphatic heterocycles. The first-order valence-electron chi connectivity index (χ1n) is 4.37. The fourth-order valence-electron chi connectivity index (χ4n) is 1.24. The molecule has 0 saturated heterocycles. The van der Waals surface area contributed by atoms with Crippen LogP contribution in [0.4, 0.5) is 0 Å². The molecule has 0 aromatic heterocycles. The zero-order chi connectivity index (χ0) is 9.72.